The lowest BCUT2D eigenvalue weighted by atomic mass is 9.96. The summed E-state index contributed by atoms with van der Waals surface area (Å²) >= 11 is 3.63. The quantitative estimate of drug-likeness (QED) is 0.379. The zero-order chi connectivity index (χ0) is 23.8. The first-order valence-electron chi connectivity index (χ1n) is 11.7. The summed E-state index contributed by atoms with van der Waals surface area (Å²) in [4.78, 5) is 29.3. The minimum Gasteiger partial charge on any atom is -0.350 e. The van der Waals surface area contributed by atoms with E-state index < -0.39 is 6.04 Å². The molecule has 1 unspecified atom stereocenters. The van der Waals surface area contributed by atoms with E-state index in [2.05, 4.69) is 21.2 Å². The second-order valence-electron chi connectivity index (χ2n) is 8.52. The molecule has 2 amide bonds. The van der Waals surface area contributed by atoms with Gasteiger partial charge in [-0.25, -0.2) is 0 Å². The van der Waals surface area contributed by atoms with Crippen LogP contribution in [0.4, 0.5) is 0 Å². The third-order valence-corrected chi connectivity index (χ3v) is 6.81. The van der Waals surface area contributed by atoms with E-state index >= 15 is 0 Å². The molecule has 0 spiro atoms. The molecule has 3 aromatic rings. The fourth-order valence-electron chi connectivity index (χ4n) is 4.31. The van der Waals surface area contributed by atoms with Gasteiger partial charge in [0.05, 0.1) is 0 Å². The zero-order valence-electron chi connectivity index (χ0n) is 19.1. The average molecular weight is 517 g/mol. The van der Waals surface area contributed by atoms with Crippen molar-refractivity contribution < 1.29 is 9.59 Å². The maximum atomic E-state index is 13.9. The molecule has 1 aliphatic carbocycles. The first kappa shape index (κ1) is 24.0. The molecular weight excluding hydrogens is 488 g/mol. The summed E-state index contributed by atoms with van der Waals surface area (Å²) in [5.74, 6) is -0.268. The van der Waals surface area contributed by atoms with Gasteiger partial charge in [0.1, 0.15) is 6.04 Å². The molecule has 0 saturated carbocycles. The Morgan fingerprint density at radius 1 is 0.853 bits per heavy atom. The molecule has 5 heteroatoms. The normalized spacial score (nSPS) is 14.1. The van der Waals surface area contributed by atoms with Gasteiger partial charge in [-0.3, -0.25) is 9.59 Å². The van der Waals surface area contributed by atoms with Gasteiger partial charge >= 0.3 is 0 Å². The van der Waals surface area contributed by atoms with Crippen LogP contribution in [0, 0.1) is 0 Å². The van der Waals surface area contributed by atoms with Crippen LogP contribution in [-0.2, 0) is 22.7 Å². The average Bonchev–Trinajstić information content (AvgIpc) is 2.89. The van der Waals surface area contributed by atoms with Crippen molar-refractivity contribution >= 4 is 27.7 Å². The fourth-order valence-corrected chi connectivity index (χ4v) is 4.81. The molecule has 0 radical (unpaired) electrons. The Bertz CT molecular complexity index is 1150. The Labute approximate surface area is 209 Å². The van der Waals surface area contributed by atoms with Crippen LogP contribution >= 0.6 is 15.9 Å². The second-order valence-corrected chi connectivity index (χ2v) is 9.38. The van der Waals surface area contributed by atoms with E-state index in [4.69, 9.17) is 0 Å². The third kappa shape index (κ3) is 6.03. The third-order valence-electron chi connectivity index (χ3n) is 6.09. The highest BCUT2D eigenvalue weighted by Crippen LogP contribution is 2.32. The molecule has 0 aliphatic heterocycles. The first-order valence-corrected chi connectivity index (χ1v) is 12.5. The van der Waals surface area contributed by atoms with Gasteiger partial charge in [0.15, 0.2) is 0 Å². The monoisotopic (exact) mass is 516 g/mol. The number of halogens is 1. The van der Waals surface area contributed by atoms with E-state index in [-0.39, 0.29) is 11.8 Å². The molecule has 0 heterocycles. The summed E-state index contributed by atoms with van der Waals surface area (Å²) < 4.78 is 0.804. The van der Waals surface area contributed by atoms with Crippen LogP contribution in [0.5, 0.6) is 0 Å². The molecule has 174 valence electrons. The lowest BCUT2D eigenvalue weighted by Gasteiger charge is -2.33. The predicted octanol–water partition coefficient (Wildman–Crippen LogP) is 6.34. The van der Waals surface area contributed by atoms with Crippen LogP contribution in [0.3, 0.4) is 0 Å². The molecular formula is C29H29BrN2O2. The van der Waals surface area contributed by atoms with Crippen LogP contribution < -0.4 is 5.32 Å². The topological polar surface area (TPSA) is 49.4 Å². The van der Waals surface area contributed by atoms with E-state index in [1.807, 2.05) is 91.0 Å². The minimum atomic E-state index is -0.769. The van der Waals surface area contributed by atoms with Crippen molar-refractivity contribution in [2.24, 2.45) is 0 Å². The number of amides is 2. The molecule has 0 aromatic heterocycles. The van der Waals surface area contributed by atoms with E-state index in [1.54, 1.807) is 4.90 Å². The van der Waals surface area contributed by atoms with Gasteiger partial charge in [0.25, 0.3) is 5.91 Å². The highest BCUT2D eigenvalue weighted by molar-refractivity contribution is 9.10. The summed E-state index contributed by atoms with van der Waals surface area (Å²) in [5, 5.41) is 3.08. The van der Waals surface area contributed by atoms with Gasteiger partial charge in [0.2, 0.25) is 5.91 Å². The van der Waals surface area contributed by atoms with Crippen LogP contribution in [0.25, 0.3) is 0 Å². The summed E-state index contributed by atoms with van der Waals surface area (Å²) in [5.41, 5.74) is 3.57. The number of nitrogens with one attached hydrogen (secondary N) is 1. The number of carbonyl (C=O) groups excluding carboxylic acids is 2. The molecule has 0 saturated heterocycles. The Kier molecular flexibility index (Phi) is 8.31. The summed E-state index contributed by atoms with van der Waals surface area (Å²) in [6.45, 7) is 0.748. The number of benzene rings is 3. The van der Waals surface area contributed by atoms with Crippen LogP contribution in [0.15, 0.2) is 101 Å². The second kappa shape index (κ2) is 11.8. The molecule has 0 bridgehead atoms. The summed E-state index contributed by atoms with van der Waals surface area (Å²) in [7, 11) is 0. The van der Waals surface area contributed by atoms with Crippen molar-refractivity contribution in [2.75, 3.05) is 0 Å². The molecule has 1 atom stereocenters. The van der Waals surface area contributed by atoms with E-state index in [1.165, 1.54) is 0 Å². The molecule has 1 N–H and O–H groups in total. The van der Waals surface area contributed by atoms with Gasteiger partial charge < -0.3 is 10.2 Å². The van der Waals surface area contributed by atoms with Crippen LogP contribution in [0.2, 0.25) is 0 Å². The minimum absolute atomic E-state index is 0.0702. The predicted molar refractivity (Wildman–Crippen MR) is 139 cm³/mol. The number of hydrogen-bond donors (Lipinski definition) is 1. The smallest absolute Gasteiger partial charge is 0.250 e. The summed E-state index contributed by atoms with van der Waals surface area (Å²) in [6.07, 6.45) is 5.79. The molecule has 4 rings (SSSR count). The zero-order valence-corrected chi connectivity index (χ0v) is 20.7. The first-order chi connectivity index (χ1) is 16.6. The van der Waals surface area contributed by atoms with Crippen molar-refractivity contribution in [1.82, 2.24) is 10.2 Å². The number of carbonyl (C=O) groups is 2. The Hall–Kier alpha value is -3.18. The van der Waals surface area contributed by atoms with Gasteiger partial charge in [-0.05, 0) is 48.4 Å². The summed E-state index contributed by atoms with van der Waals surface area (Å²) in [6, 6.07) is 26.6. The molecule has 34 heavy (non-hydrogen) atoms. The van der Waals surface area contributed by atoms with Crippen LogP contribution in [-0.4, -0.2) is 16.7 Å². The van der Waals surface area contributed by atoms with Gasteiger partial charge in [-0.1, -0.05) is 101 Å². The van der Waals surface area contributed by atoms with Crippen molar-refractivity contribution in [1.29, 1.82) is 0 Å². The van der Waals surface area contributed by atoms with E-state index in [0.29, 0.717) is 13.1 Å². The number of allylic oxidation sites excluding steroid dienone is 1. The van der Waals surface area contributed by atoms with E-state index in [0.717, 1.165) is 52.4 Å². The molecule has 1 aliphatic rings. The largest absolute Gasteiger partial charge is 0.350 e. The van der Waals surface area contributed by atoms with Gasteiger partial charge in [0, 0.05) is 23.1 Å². The fraction of sp³-hybridized carbons (Fsp3) is 0.241. The maximum absolute atomic E-state index is 13.9. The maximum Gasteiger partial charge on any atom is 0.250 e. The number of nitrogens with zero attached hydrogens (tertiary/aromatic N) is 1. The van der Waals surface area contributed by atoms with Crippen molar-refractivity contribution in [3.63, 3.8) is 0 Å². The Balaban J connectivity index is 1.71. The van der Waals surface area contributed by atoms with Gasteiger partial charge in [-0.15, -0.1) is 0 Å². The molecule has 0 fully saturated rings. The van der Waals surface area contributed by atoms with Crippen molar-refractivity contribution in [3.8, 4) is 0 Å². The van der Waals surface area contributed by atoms with Crippen LogP contribution in [0.1, 0.15) is 48.4 Å². The van der Waals surface area contributed by atoms with E-state index in [9.17, 15) is 9.59 Å². The van der Waals surface area contributed by atoms with Gasteiger partial charge in [-0.2, -0.15) is 0 Å². The number of rotatable bonds is 8. The van der Waals surface area contributed by atoms with Crippen molar-refractivity contribution in [2.45, 2.75) is 44.8 Å². The molecule has 4 nitrogen and oxygen atoms in total. The Morgan fingerprint density at radius 3 is 2.15 bits per heavy atom. The number of hydrogen-bond acceptors (Lipinski definition) is 2. The lowest BCUT2D eigenvalue weighted by molar-refractivity contribution is -0.139. The highest BCUT2D eigenvalue weighted by Gasteiger charge is 2.34. The standard InChI is InChI=1S/C29H29BrN2O2/c30-26-19-11-10-18-25(26)27(28(33)31-20-22-12-4-1-5-13-22)32(21-23-14-6-2-7-15-23)29(34)24-16-8-3-9-17-24/h1-2,4-7,10-16,18-19,27H,3,8-9,17,20-21H2,(H,31,33). The highest BCUT2D eigenvalue weighted by atomic mass is 79.9. The Morgan fingerprint density at radius 2 is 1.50 bits per heavy atom. The lowest BCUT2D eigenvalue weighted by Crippen LogP contribution is -2.44. The SMILES string of the molecule is O=C(NCc1ccccc1)C(c1ccccc1Br)N(Cc1ccccc1)C(=O)C1=CCCCC1. The molecule has 3 aromatic carbocycles. The van der Waals surface area contributed by atoms with Crippen molar-refractivity contribution in [3.05, 3.63) is 118 Å².